The Hall–Kier alpha value is -2.63. The van der Waals surface area contributed by atoms with Gasteiger partial charge >= 0.3 is 0 Å². The van der Waals surface area contributed by atoms with Crippen molar-refractivity contribution in [2.45, 2.75) is 32.2 Å². The number of piperidine rings is 1. The van der Waals surface area contributed by atoms with Gasteiger partial charge in [0.05, 0.1) is 0 Å². The quantitative estimate of drug-likeness (QED) is 0.805. The van der Waals surface area contributed by atoms with Gasteiger partial charge in [-0.05, 0) is 44.4 Å². The first-order chi connectivity index (χ1) is 11.3. The van der Waals surface area contributed by atoms with Crippen molar-refractivity contribution in [1.29, 1.82) is 0 Å². The van der Waals surface area contributed by atoms with Crippen LogP contribution in [0.25, 0.3) is 5.65 Å². The summed E-state index contributed by atoms with van der Waals surface area (Å²) in [5.74, 6) is 1.31. The van der Waals surface area contributed by atoms with E-state index < -0.39 is 0 Å². The minimum atomic E-state index is 0.563. The van der Waals surface area contributed by atoms with Gasteiger partial charge in [0.25, 0.3) is 0 Å². The van der Waals surface area contributed by atoms with E-state index >= 15 is 0 Å². The van der Waals surface area contributed by atoms with Crippen molar-refractivity contribution >= 4 is 23.1 Å². The fraction of sp³-hybridized carbons (Fsp3) is 0.353. The van der Waals surface area contributed by atoms with E-state index in [-0.39, 0.29) is 0 Å². The van der Waals surface area contributed by atoms with Gasteiger partial charge < -0.3 is 10.2 Å². The molecule has 1 fully saturated rings. The zero-order chi connectivity index (χ0) is 15.6. The third-order valence-electron chi connectivity index (χ3n) is 4.36. The van der Waals surface area contributed by atoms with Crippen LogP contribution in [-0.4, -0.2) is 32.2 Å². The van der Waals surface area contributed by atoms with Crippen molar-refractivity contribution < 1.29 is 0 Å². The number of rotatable bonds is 3. The molecule has 1 unspecified atom stereocenters. The van der Waals surface area contributed by atoms with E-state index in [0.717, 1.165) is 18.0 Å². The van der Waals surface area contributed by atoms with Crippen LogP contribution in [0.4, 0.5) is 17.5 Å². The van der Waals surface area contributed by atoms with Gasteiger partial charge in [-0.25, -0.2) is 9.50 Å². The highest BCUT2D eigenvalue weighted by atomic mass is 15.4. The zero-order valence-electron chi connectivity index (χ0n) is 13.2. The lowest BCUT2D eigenvalue weighted by Gasteiger charge is -2.35. The number of anilines is 3. The molecule has 1 N–H and O–H groups in total. The molecular weight excluding hydrogens is 288 g/mol. The van der Waals surface area contributed by atoms with E-state index in [9.17, 15) is 0 Å². The van der Waals surface area contributed by atoms with Gasteiger partial charge in [-0.2, -0.15) is 4.98 Å². The van der Waals surface area contributed by atoms with Crippen LogP contribution in [-0.2, 0) is 0 Å². The number of pyridine rings is 2. The predicted molar refractivity (Wildman–Crippen MR) is 91.2 cm³/mol. The summed E-state index contributed by atoms with van der Waals surface area (Å²) in [5, 5.41) is 7.58. The summed E-state index contributed by atoms with van der Waals surface area (Å²) in [5.41, 5.74) is 2.07. The first-order valence-corrected chi connectivity index (χ1v) is 8.11. The molecular formula is C17H20N6. The smallest absolute Gasteiger partial charge is 0.248 e. The molecule has 6 nitrogen and oxygen atoms in total. The fourth-order valence-corrected chi connectivity index (χ4v) is 3.14. The van der Waals surface area contributed by atoms with Crippen molar-refractivity contribution in [2.75, 3.05) is 16.8 Å². The Morgan fingerprint density at radius 3 is 3.00 bits per heavy atom. The van der Waals surface area contributed by atoms with Gasteiger partial charge in [0, 0.05) is 36.7 Å². The second-order valence-corrected chi connectivity index (χ2v) is 6.00. The maximum atomic E-state index is 4.56. The molecule has 0 spiro atoms. The minimum Gasteiger partial charge on any atom is -0.369 e. The van der Waals surface area contributed by atoms with Gasteiger partial charge in [0.15, 0.2) is 5.65 Å². The van der Waals surface area contributed by atoms with Crippen LogP contribution in [0, 0.1) is 0 Å². The topological polar surface area (TPSA) is 58.4 Å². The lowest BCUT2D eigenvalue weighted by Crippen LogP contribution is -2.37. The van der Waals surface area contributed by atoms with Gasteiger partial charge in [-0.1, -0.05) is 6.07 Å². The van der Waals surface area contributed by atoms with E-state index in [0.29, 0.717) is 12.0 Å². The largest absolute Gasteiger partial charge is 0.369 e. The summed E-state index contributed by atoms with van der Waals surface area (Å²) < 4.78 is 1.80. The predicted octanol–water partition coefficient (Wildman–Crippen LogP) is 3.25. The molecule has 0 aromatic carbocycles. The van der Waals surface area contributed by atoms with E-state index in [2.05, 4.69) is 44.3 Å². The lowest BCUT2D eigenvalue weighted by molar-refractivity contribution is 0.485. The Balaban J connectivity index is 1.61. The molecule has 4 rings (SSSR count). The summed E-state index contributed by atoms with van der Waals surface area (Å²) in [4.78, 5) is 11.3. The zero-order valence-corrected chi connectivity index (χ0v) is 13.2. The lowest BCUT2D eigenvalue weighted by atomic mass is 10.0. The van der Waals surface area contributed by atoms with Gasteiger partial charge in [0.1, 0.15) is 5.82 Å². The second-order valence-electron chi connectivity index (χ2n) is 6.00. The molecule has 0 saturated carbocycles. The number of nitrogens with zero attached hydrogens (tertiary/aromatic N) is 5. The van der Waals surface area contributed by atoms with Crippen molar-refractivity contribution in [3.05, 3.63) is 42.7 Å². The summed E-state index contributed by atoms with van der Waals surface area (Å²) >= 11 is 0. The summed E-state index contributed by atoms with van der Waals surface area (Å²) in [6.07, 6.45) is 7.55. The monoisotopic (exact) mass is 308 g/mol. The molecule has 0 amide bonds. The minimum absolute atomic E-state index is 0.563. The third-order valence-corrected chi connectivity index (χ3v) is 4.36. The van der Waals surface area contributed by atoms with Crippen molar-refractivity contribution in [3.63, 3.8) is 0 Å². The SMILES string of the molecule is CC1CCCCN1c1ccn2nc(Nc3ccccn3)nc2c1. The van der Waals surface area contributed by atoms with Gasteiger partial charge in [0.2, 0.25) is 5.95 Å². The molecule has 1 saturated heterocycles. The molecule has 1 atom stereocenters. The molecule has 4 heterocycles. The highest BCUT2D eigenvalue weighted by molar-refractivity contribution is 5.59. The van der Waals surface area contributed by atoms with Crippen LogP contribution >= 0.6 is 0 Å². The first-order valence-electron chi connectivity index (χ1n) is 8.11. The Kier molecular flexibility index (Phi) is 3.57. The Morgan fingerprint density at radius 2 is 2.17 bits per heavy atom. The van der Waals surface area contributed by atoms with Crippen LogP contribution in [0.3, 0.4) is 0 Å². The number of nitrogens with one attached hydrogen (secondary N) is 1. The molecule has 0 radical (unpaired) electrons. The molecule has 6 heteroatoms. The number of aromatic nitrogens is 4. The fourth-order valence-electron chi connectivity index (χ4n) is 3.14. The normalized spacial score (nSPS) is 18.3. The molecule has 118 valence electrons. The Morgan fingerprint density at radius 1 is 1.22 bits per heavy atom. The molecule has 0 aliphatic carbocycles. The third kappa shape index (κ3) is 2.84. The standard InChI is InChI=1S/C17H20N6/c1-13-6-3-5-10-22(13)14-8-11-23-16(12-14)20-17(21-23)19-15-7-2-4-9-18-15/h2,4,7-9,11-13H,3,5-6,10H2,1H3,(H,18,19,21). The van der Waals surface area contributed by atoms with Crippen LogP contribution < -0.4 is 10.2 Å². The second kappa shape index (κ2) is 5.87. The average molecular weight is 308 g/mol. The highest BCUT2D eigenvalue weighted by Gasteiger charge is 2.19. The molecule has 1 aliphatic heterocycles. The average Bonchev–Trinajstić information content (AvgIpc) is 2.97. The van der Waals surface area contributed by atoms with Crippen LogP contribution in [0.15, 0.2) is 42.7 Å². The summed E-state index contributed by atoms with van der Waals surface area (Å²) in [7, 11) is 0. The van der Waals surface area contributed by atoms with E-state index in [1.807, 2.05) is 24.4 Å². The maximum Gasteiger partial charge on any atom is 0.248 e. The van der Waals surface area contributed by atoms with Crippen molar-refractivity contribution in [3.8, 4) is 0 Å². The number of fused-ring (bicyclic) bond motifs is 1. The number of hydrogen-bond donors (Lipinski definition) is 1. The highest BCUT2D eigenvalue weighted by Crippen LogP contribution is 2.25. The van der Waals surface area contributed by atoms with Crippen LogP contribution in [0.5, 0.6) is 0 Å². The summed E-state index contributed by atoms with van der Waals surface area (Å²) in [6.45, 7) is 3.41. The Bertz CT molecular complexity index is 797. The first kappa shape index (κ1) is 14.0. The van der Waals surface area contributed by atoms with E-state index in [1.165, 1.54) is 24.9 Å². The molecule has 3 aromatic rings. The Labute approximate surface area is 135 Å². The van der Waals surface area contributed by atoms with Crippen molar-refractivity contribution in [2.24, 2.45) is 0 Å². The molecule has 0 bridgehead atoms. The molecule has 23 heavy (non-hydrogen) atoms. The van der Waals surface area contributed by atoms with E-state index in [4.69, 9.17) is 0 Å². The maximum absolute atomic E-state index is 4.56. The van der Waals surface area contributed by atoms with Gasteiger partial charge in [-0.3, -0.25) is 0 Å². The number of hydrogen-bond acceptors (Lipinski definition) is 5. The molecule has 1 aliphatic rings. The van der Waals surface area contributed by atoms with Gasteiger partial charge in [-0.15, -0.1) is 5.10 Å². The summed E-state index contributed by atoms with van der Waals surface area (Å²) in [6, 6.07) is 10.5. The van der Waals surface area contributed by atoms with E-state index in [1.54, 1.807) is 10.7 Å². The van der Waals surface area contributed by atoms with Crippen LogP contribution in [0.2, 0.25) is 0 Å². The van der Waals surface area contributed by atoms with Crippen LogP contribution in [0.1, 0.15) is 26.2 Å². The van der Waals surface area contributed by atoms with Crippen molar-refractivity contribution in [1.82, 2.24) is 19.6 Å². The molecule has 3 aromatic heterocycles.